The summed E-state index contributed by atoms with van der Waals surface area (Å²) in [5.74, 6) is -1.80. The Balaban J connectivity index is 0.00000405. The van der Waals surface area contributed by atoms with Gasteiger partial charge >= 0.3 is 11.9 Å². The summed E-state index contributed by atoms with van der Waals surface area (Å²) in [4.78, 5) is 59.4. The molecule has 2 aromatic rings. The average Bonchev–Trinajstić information content (AvgIpc) is 3.18. The van der Waals surface area contributed by atoms with Crippen molar-refractivity contribution in [1.29, 1.82) is 0 Å². The Kier molecular flexibility index (Phi) is 9.30. The molecule has 1 aromatic carbocycles. The molecule has 3 atom stereocenters. The van der Waals surface area contributed by atoms with Crippen LogP contribution in [0.4, 0.5) is 5.69 Å². The molecule has 5 rings (SSSR count). The number of hydrogen-bond acceptors (Lipinski definition) is 9. The van der Waals surface area contributed by atoms with Gasteiger partial charge in [0.05, 0.1) is 10.9 Å². The van der Waals surface area contributed by atoms with Crippen molar-refractivity contribution in [2.45, 2.75) is 69.7 Å². The SMILES string of the molecule is CC(C)(C)C(=O)OCOC(=O)[C@@H]1N2C(=O)[C@@H](NC(=O)C3CCN(c4ccnc5cc(Cl)ccc45)CC3)[C@H]2SC1(C)C.S. The monoisotopic (exact) mass is 636 g/mol. The first kappa shape index (κ1) is 32.2. The van der Waals surface area contributed by atoms with E-state index in [-0.39, 0.29) is 36.6 Å². The number of hydrogen-bond donors (Lipinski definition) is 1. The van der Waals surface area contributed by atoms with Gasteiger partial charge in [-0.15, -0.1) is 11.8 Å². The first-order valence-corrected chi connectivity index (χ1v) is 15.0. The zero-order valence-corrected chi connectivity index (χ0v) is 26.9. The molecule has 0 spiro atoms. The number of rotatable bonds is 6. The Morgan fingerprint density at radius 2 is 1.83 bits per heavy atom. The molecule has 3 aliphatic rings. The van der Waals surface area contributed by atoms with Crippen LogP contribution in [0.15, 0.2) is 30.5 Å². The minimum Gasteiger partial charge on any atom is -0.427 e. The molecule has 0 saturated carbocycles. The molecule has 3 saturated heterocycles. The maximum Gasteiger partial charge on any atom is 0.333 e. The van der Waals surface area contributed by atoms with E-state index in [1.54, 1.807) is 27.0 Å². The van der Waals surface area contributed by atoms with Crippen molar-refractivity contribution in [3.8, 4) is 0 Å². The highest BCUT2D eigenvalue weighted by Crippen LogP contribution is 2.51. The second-order valence-electron chi connectivity index (χ2n) is 12.3. The van der Waals surface area contributed by atoms with E-state index >= 15 is 0 Å². The van der Waals surface area contributed by atoms with Gasteiger partial charge in [0.2, 0.25) is 18.6 Å². The lowest BCUT2D eigenvalue weighted by Gasteiger charge is -2.44. The number of amides is 2. The van der Waals surface area contributed by atoms with Gasteiger partial charge in [-0.2, -0.15) is 13.5 Å². The number of benzene rings is 1. The Labute approximate surface area is 261 Å². The third kappa shape index (κ3) is 6.16. The van der Waals surface area contributed by atoms with E-state index < -0.39 is 41.0 Å². The molecular weight excluding hydrogens is 600 g/mol. The van der Waals surface area contributed by atoms with E-state index in [2.05, 4.69) is 15.2 Å². The van der Waals surface area contributed by atoms with Crippen molar-refractivity contribution in [1.82, 2.24) is 15.2 Å². The third-order valence-corrected chi connectivity index (χ3v) is 9.66. The summed E-state index contributed by atoms with van der Waals surface area (Å²) in [6.07, 6.45) is 3.07. The predicted molar refractivity (Wildman–Crippen MR) is 167 cm³/mol. The Morgan fingerprint density at radius 1 is 1.14 bits per heavy atom. The number of β-lactam (4-membered cyclic amide) rings is 1. The van der Waals surface area contributed by atoms with Crippen LogP contribution in [0.5, 0.6) is 0 Å². The van der Waals surface area contributed by atoms with E-state index in [0.29, 0.717) is 31.0 Å². The van der Waals surface area contributed by atoms with Crippen LogP contribution in [0, 0.1) is 11.3 Å². The summed E-state index contributed by atoms with van der Waals surface area (Å²) in [6.45, 7) is 9.72. The molecular formula is C29H37ClN4O6S2. The first-order valence-electron chi connectivity index (χ1n) is 13.7. The smallest absolute Gasteiger partial charge is 0.333 e. The molecule has 0 unspecified atom stereocenters. The van der Waals surface area contributed by atoms with Crippen molar-refractivity contribution in [2.75, 3.05) is 24.8 Å². The number of halogens is 1. The minimum absolute atomic E-state index is 0. The van der Waals surface area contributed by atoms with Crippen LogP contribution in [0.3, 0.4) is 0 Å². The van der Waals surface area contributed by atoms with Gasteiger partial charge in [-0.3, -0.25) is 19.4 Å². The molecule has 10 nitrogen and oxygen atoms in total. The van der Waals surface area contributed by atoms with E-state index in [1.165, 1.54) is 16.7 Å². The van der Waals surface area contributed by atoms with Crippen LogP contribution < -0.4 is 10.2 Å². The third-order valence-electron chi connectivity index (χ3n) is 7.85. The standard InChI is InChI=1S/C29H35ClN4O6S.H2S/c1-28(2,3)27(38)40-15-39-26(37)22-29(4,5)41-25-21(24(36)34(22)25)32-23(35)16-9-12-33(13-10-16)20-8-11-31-19-14-17(30)6-7-18(19)20;/h6-8,11,14,16,21-22,25H,9-10,12-13,15H2,1-5H3,(H,32,35);1H2/t21-,22+,25-;/m1./s1. The number of aromatic nitrogens is 1. The summed E-state index contributed by atoms with van der Waals surface area (Å²) in [5.41, 5.74) is 1.16. The molecule has 3 aliphatic heterocycles. The van der Waals surface area contributed by atoms with Gasteiger partial charge in [0, 0.05) is 46.0 Å². The number of nitrogens with zero attached hydrogens (tertiary/aromatic N) is 3. The molecule has 228 valence electrons. The molecule has 42 heavy (non-hydrogen) atoms. The Morgan fingerprint density at radius 3 is 2.50 bits per heavy atom. The summed E-state index contributed by atoms with van der Waals surface area (Å²) in [5, 5.41) is 4.23. The molecule has 4 heterocycles. The van der Waals surface area contributed by atoms with Crippen LogP contribution in [0.1, 0.15) is 47.5 Å². The fourth-order valence-electron chi connectivity index (χ4n) is 5.60. The lowest BCUT2D eigenvalue weighted by molar-refractivity contribution is -0.180. The van der Waals surface area contributed by atoms with Crippen LogP contribution in [0.2, 0.25) is 5.02 Å². The molecule has 13 heteroatoms. The van der Waals surface area contributed by atoms with Crippen molar-refractivity contribution >= 4 is 77.2 Å². The lowest BCUT2D eigenvalue weighted by atomic mass is 9.93. The summed E-state index contributed by atoms with van der Waals surface area (Å²) in [6, 6.07) is 6.09. The van der Waals surface area contributed by atoms with Crippen LogP contribution in [-0.4, -0.2) is 75.7 Å². The Hall–Kier alpha value is -2.70. The summed E-state index contributed by atoms with van der Waals surface area (Å²) < 4.78 is 9.64. The number of anilines is 1. The fraction of sp³-hybridized carbons (Fsp3) is 0.552. The van der Waals surface area contributed by atoms with E-state index in [4.69, 9.17) is 21.1 Å². The maximum absolute atomic E-state index is 13.2. The van der Waals surface area contributed by atoms with Gasteiger partial charge in [0.15, 0.2) is 0 Å². The largest absolute Gasteiger partial charge is 0.427 e. The summed E-state index contributed by atoms with van der Waals surface area (Å²) in [7, 11) is 0. The number of pyridine rings is 1. The minimum atomic E-state index is -0.847. The zero-order chi connectivity index (χ0) is 29.7. The topological polar surface area (TPSA) is 118 Å². The number of thioether (sulfide) groups is 1. The van der Waals surface area contributed by atoms with Crippen molar-refractivity contribution in [3.05, 3.63) is 35.5 Å². The van der Waals surface area contributed by atoms with Crippen LogP contribution in [-0.2, 0) is 28.7 Å². The number of carbonyl (C=O) groups excluding carboxylic acids is 4. The maximum atomic E-state index is 13.2. The number of carbonyl (C=O) groups is 4. The summed E-state index contributed by atoms with van der Waals surface area (Å²) >= 11 is 7.59. The second-order valence-corrected chi connectivity index (χ2v) is 14.5. The van der Waals surface area contributed by atoms with Gasteiger partial charge < -0.3 is 24.6 Å². The predicted octanol–water partition coefficient (Wildman–Crippen LogP) is 3.85. The van der Waals surface area contributed by atoms with E-state index in [1.807, 2.05) is 38.1 Å². The molecule has 0 bridgehead atoms. The number of esters is 2. The molecule has 0 aliphatic carbocycles. The molecule has 3 fully saturated rings. The van der Waals surface area contributed by atoms with Gasteiger partial charge in [-0.1, -0.05) is 11.6 Å². The van der Waals surface area contributed by atoms with Gasteiger partial charge in [-0.25, -0.2) is 4.79 Å². The highest BCUT2D eigenvalue weighted by atomic mass is 35.5. The lowest BCUT2D eigenvalue weighted by Crippen LogP contribution is -2.71. The normalized spacial score (nSPS) is 23.5. The van der Waals surface area contributed by atoms with Crippen LogP contribution in [0.25, 0.3) is 10.9 Å². The first-order chi connectivity index (χ1) is 19.3. The number of piperidine rings is 1. The fourth-order valence-corrected chi connectivity index (χ4v) is 7.39. The average molecular weight is 637 g/mol. The number of fused-ring (bicyclic) bond motifs is 2. The van der Waals surface area contributed by atoms with E-state index in [9.17, 15) is 19.2 Å². The van der Waals surface area contributed by atoms with Gasteiger partial charge in [0.25, 0.3) is 0 Å². The molecule has 0 radical (unpaired) electrons. The highest BCUT2D eigenvalue weighted by molar-refractivity contribution is 8.01. The quantitative estimate of drug-likeness (QED) is 0.287. The van der Waals surface area contributed by atoms with Crippen LogP contribution >= 0.6 is 36.9 Å². The number of ether oxygens (including phenoxy) is 2. The van der Waals surface area contributed by atoms with Crippen molar-refractivity contribution in [3.63, 3.8) is 0 Å². The van der Waals surface area contributed by atoms with Crippen molar-refractivity contribution < 1.29 is 28.7 Å². The number of nitrogens with one attached hydrogen (secondary N) is 1. The molecule has 2 amide bonds. The van der Waals surface area contributed by atoms with Gasteiger partial charge in [-0.05, 0) is 71.7 Å². The Bertz CT molecular complexity index is 1390. The van der Waals surface area contributed by atoms with E-state index in [0.717, 1.165) is 16.6 Å². The van der Waals surface area contributed by atoms with Gasteiger partial charge in [0.1, 0.15) is 17.5 Å². The molecule has 1 N–H and O–H groups in total. The second kappa shape index (κ2) is 12.1. The molecule has 1 aromatic heterocycles. The van der Waals surface area contributed by atoms with Crippen molar-refractivity contribution in [2.24, 2.45) is 11.3 Å². The zero-order valence-electron chi connectivity index (χ0n) is 24.3. The highest BCUT2D eigenvalue weighted by Gasteiger charge is 2.64.